The van der Waals surface area contributed by atoms with E-state index in [1.165, 1.54) is 44.9 Å². The van der Waals surface area contributed by atoms with Crippen LogP contribution in [0.5, 0.6) is 0 Å². The van der Waals surface area contributed by atoms with Crippen molar-refractivity contribution in [2.24, 2.45) is 0 Å². The monoisotopic (exact) mass is 238 g/mol. The Kier molecular flexibility index (Phi) is 7.05. The molecule has 0 spiro atoms. The minimum atomic E-state index is 0.0935. The van der Waals surface area contributed by atoms with Crippen molar-refractivity contribution in [1.29, 1.82) is 0 Å². The molecule has 0 amide bonds. The molecule has 92 valence electrons. The first-order valence-corrected chi connectivity index (χ1v) is 8.71. The molecule has 2 atom stereocenters. The normalized spacial score (nSPS) is 19.3. The van der Waals surface area contributed by atoms with Crippen LogP contribution in [-0.2, 0) is 0 Å². The van der Waals surface area contributed by atoms with Crippen molar-refractivity contribution < 1.29 is 0 Å². The van der Waals surface area contributed by atoms with Gasteiger partial charge in [-0.2, -0.15) is 0 Å². The van der Waals surface area contributed by atoms with Gasteiger partial charge in [-0.25, -0.2) is 0 Å². The van der Waals surface area contributed by atoms with E-state index in [1.807, 2.05) is 0 Å². The second-order valence-electron chi connectivity index (χ2n) is 4.92. The number of rotatable bonds is 7. The van der Waals surface area contributed by atoms with Crippen LogP contribution in [0.25, 0.3) is 0 Å². The van der Waals surface area contributed by atoms with E-state index in [1.54, 1.807) is 5.31 Å². The van der Waals surface area contributed by atoms with Crippen molar-refractivity contribution in [3.05, 3.63) is 23.5 Å². The predicted octanol–water partition coefficient (Wildman–Crippen LogP) is 5.69. The van der Waals surface area contributed by atoms with Gasteiger partial charge in [-0.1, -0.05) is 65.7 Å². The van der Waals surface area contributed by atoms with Crippen molar-refractivity contribution in [3.63, 3.8) is 0 Å². The summed E-state index contributed by atoms with van der Waals surface area (Å²) in [4.78, 5) is 0. The van der Waals surface area contributed by atoms with E-state index in [0.717, 1.165) is 5.66 Å². The van der Waals surface area contributed by atoms with Gasteiger partial charge in [-0.3, -0.25) is 0 Å². The fourth-order valence-corrected chi connectivity index (χ4v) is 4.01. The van der Waals surface area contributed by atoms with Crippen molar-refractivity contribution in [3.8, 4) is 0 Å². The van der Waals surface area contributed by atoms with E-state index in [-0.39, 0.29) is 7.92 Å². The Morgan fingerprint density at radius 2 is 2.06 bits per heavy atom. The third-order valence-electron chi connectivity index (χ3n) is 3.52. The summed E-state index contributed by atoms with van der Waals surface area (Å²) in [5.74, 6) is 0. The zero-order valence-corrected chi connectivity index (χ0v) is 12.1. The Hall–Kier alpha value is -0.0900. The Labute approximate surface area is 103 Å². The summed E-state index contributed by atoms with van der Waals surface area (Å²) in [5, 5.41) is 1.64. The van der Waals surface area contributed by atoms with Gasteiger partial charge in [-0.15, -0.1) is 0 Å². The van der Waals surface area contributed by atoms with Gasteiger partial charge in [-0.05, 0) is 36.9 Å². The lowest BCUT2D eigenvalue weighted by Gasteiger charge is -2.23. The average molecular weight is 238 g/mol. The standard InChI is InChI=1S/C15H27P/c1-4-5-6-8-11-14(2)16(3)15-12-9-7-10-13-15/h9,12-14H,4-8,10-11H2,1-3H3. The molecule has 0 heterocycles. The molecule has 0 aliphatic heterocycles. The number of hydrogen-bond acceptors (Lipinski definition) is 0. The van der Waals surface area contributed by atoms with E-state index in [4.69, 9.17) is 0 Å². The number of unbranched alkanes of at least 4 members (excludes halogenated alkanes) is 3. The van der Waals surface area contributed by atoms with Crippen molar-refractivity contribution in [2.45, 2.75) is 64.5 Å². The summed E-state index contributed by atoms with van der Waals surface area (Å²) < 4.78 is 0. The van der Waals surface area contributed by atoms with E-state index >= 15 is 0 Å². The van der Waals surface area contributed by atoms with Gasteiger partial charge >= 0.3 is 0 Å². The first-order chi connectivity index (χ1) is 7.75. The average Bonchev–Trinajstić information content (AvgIpc) is 2.34. The van der Waals surface area contributed by atoms with Crippen LogP contribution in [0.4, 0.5) is 0 Å². The molecule has 0 fully saturated rings. The molecule has 0 aromatic heterocycles. The van der Waals surface area contributed by atoms with Crippen LogP contribution in [-0.4, -0.2) is 12.3 Å². The highest BCUT2D eigenvalue weighted by Gasteiger charge is 2.14. The highest BCUT2D eigenvalue weighted by Crippen LogP contribution is 2.49. The van der Waals surface area contributed by atoms with Gasteiger partial charge in [0.05, 0.1) is 0 Å². The fourth-order valence-electron chi connectivity index (χ4n) is 2.18. The first-order valence-electron chi connectivity index (χ1n) is 6.85. The van der Waals surface area contributed by atoms with Crippen molar-refractivity contribution in [2.75, 3.05) is 6.66 Å². The van der Waals surface area contributed by atoms with E-state index in [0.29, 0.717) is 0 Å². The highest BCUT2D eigenvalue weighted by atomic mass is 31.1. The van der Waals surface area contributed by atoms with Gasteiger partial charge < -0.3 is 0 Å². The molecule has 0 aromatic rings. The number of allylic oxidation sites excluding steroid dienone is 4. The zero-order valence-electron chi connectivity index (χ0n) is 11.2. The molecule has 0 N–H and O–H groups in total. The molecule has 1 aliphatic rings. The molecular weight excluding hydrogens is 211 g/mol. The second kappa shape index (κ2) is 8.07. The molecule has 16 heavy (non-hydrogen) atoms. The molecule has 1 heteroatoms. The SMILES string of the molecule is CCCCCCC(C)P(C)C1=CCCC=C1. The maximum Gasteiger partial charge on any atom is -0.0200 e. The largest absolute Gasteiger partial charge is 0.0836 e. The summed E-state index contributed by atoms with van der Waals surface area (Å²) in [6, 6.07) is 0. The Morgan fingerprint density at radius 1 is 1.25 bits per heavy atom. The van der Waals surface area contributed by atoms with Crippen LogP contribution in [0.2, 0.25) is 0 Å². The lowest BCUT2D eigenvalue weighted by atomic mass is 10.1. The lowest BCUT2D eigenvalue weighted by Crippen LogP contribution is -2.01. The Balaban J connectivity index is 2.27. The third kappa shape index (κ3) is 4.83. The minimum Gasteiger partial charge on any atom is -0.0836 e. The van der Waals surface area contributed by atoms with E-state index in [9.17, 15) is 0 Å². The first kappa shape index (κ1) is 14.0. The molecule has 1 rings (SSSR count). The quantitative estimate of drug-likeness (QED) is 0.395. The van der Waals surface area contributed by atoms with Crippen LogP contribution < -0.4 is 0 Å². The summed E-state index contributed by atoms with van der Waals surface area (Å²) in [5.41, 5.74) is 0.904. The lowest BCUT2D eigenvalue weighted by molar-refractivity contribution is 0.628. The second-order valence-corrected chi connectivity index (χ2v) is 7.54. The van der Waals surface area contributed by atoms with E-state index < -0.39 is 0 Å². The molecule has 2 unspecified atom stereocenters. The van der Waals surface area contributed by atoms with E-state index in [2.05, 4.69) is 38.7 Å². The van der Waals surface area contributed by atoms with Crippen LogP contribution in [0.1, 0.15) is 58.8 Å². The summed E-state index contributed by atoms with van der Waals surface area (Å²) in [6.45, 7) is 7.19. The maximum absolute atomic E-state index is 2.47. The summed E-state index contributed by atoms with van der Waals surface area (Å²) >= 11 is 0. The predicted molar refractivity (Wildman–Crippen MR) is 77.5 cm³/mol. The Bertz CT molecular complexity index is 240. The molecule has 0 saturated carbocycles. The molecule has 0 bridgehead atoms. The van der Waals surface area contributed by atoms with Gasteiger partial charge in [0.15, 0.2) is 0 Å². The maximum atomic E-state index is 2.47. The number of hydrogen-bond donors (Lipinski definition) is 0. The fraction of sp³-hybridized carbons (Fsp3) is 0.733. The van der Waals surface area contributed by atoms with Crippen molar-refractivity contribution >= 4 is 7.92 Å². The van der Waals surface area contributed by atoms with Gasteiger partial charge in [0.25, 0.3) is 0 Å². The summed E-state index contributed by atoms with van der Waals surface area (Å²) in [7, 11) is 0.0935. The van der Waals surface area contributed by atoms with Gasteiger partial charge in [0.2, 0.25) is 0 Å². The molecule has 0 nitrogen and oxygen atoms in total. The molecular formula is C15H27P. The van der Waals surface area contributed by atoms with Crippen LogP contribution in [0.3, 0.4) is 0 Å². The van der Waals surface area contributed by atoms with Gasteiger partial charge in [0.1, 0.15) is 0 Å². The van der Waals surface area contributed by atoms with Crippen molar-refractivity contribution in [1.82, 2.24) is 0 Å². The highest BCUT2D eigenvalue weighted by molar-refractivity contribution is 7.62. The molecule has 0 saturated heterocycles. The molecule has 0 aromatic carbocycles. The topological polar surface area (TPSA) is 0 Å². The van der Waals surface area contributed by atoms with Crippen LogP contribution >= 0.6 is 7.92 Å². The minimum absolute atomic E-state index is 0.0935. The summed E-state index contributed by atoms with van der Waals surface area (Å²) in [6.07, 6.45) is 16.7. The smallest absolute Gasteiger partial charge is 0.0200 e. The third-order valence-corrected chi connectivity index (χ3v) is 6.25. The van der Waals surface area contributed by atoms with Crippen LogP contribution in [0, 0.1) is 0 Å². The zero-order chi connectivity index (χ0) is 11.8. The molecule has 1 aliphatic carbocycles. The van der Waals surface area contributed by atoms with Crippen LogP contribution in [0.15, 0.2) is 23.5 Å². The van der Waals surface area contributed by atoms with Gasteiger partial charge in [0, 0.05) is 0 Å². The Morgan fingerprint density at radius 3 is 2.69 bits per heavy atom. The molecule has 0 radical (unpaired) electrons.